The van der Waals surface area contributed by atoms with E-state index < -0.39 is 0 Å². The van der Waals surface area contributed by atoms with Crippen molar-refractivity contribution in [3.8, 4) is 11.8 Å². The van der Waals surface area contributed by atoms with Crippen molar-refractivity contribution < 1.29 is 28.6 Å². The summed E-state index contributed by atoms with van der Waals surface area (Å²) < 4.78 is 16.2. The van der Waals surface area contributed by atoms with Crippen molar-refractivity contribution in [1.82, 2.24) is 10.6 Å². The number of anilines is 1. The molecule has 3 rings (SSSR count). The molecule has 1 heterocycles. The summed E-state index contributed by atoms with van der Waals surface area (Å²) in [6.45, 7) is 3.48. The van der Waals surface area contributed by atoms with Gasteiger partial charge in [0.05, 0.1) is 58.4 Å². The minimum Gasteiger partial charge on any atom is -0.377 e. The van der Waals surface area contributed by atoms with Gasteiger partial charge in [0.1, 0.15) is 0 Å². The number of rotatable bonds is 16. The van der Waals surface area contributed by atoms with Crippen molar-refractivity contribution in [2.45, 2.75) is 19.4 Å². The number of carbonyl (C=O) groups is 3. The number of para-hydroxylation sites is 1. The van der Waals surface area contributed by atoms with E-state index in [1.165, 1.54) is 0 Å². The highest BCUT2D eigenvalue weighted by Crippen LogP contribution is 2.26. The smallest absolute Gasteiger partial charge is 0.233 e. The van der Waals surface area contributed by atoms with Crippen LogP contribution in [0.1, 0.15) is 29.5 Å². The Morgan fingerprint density at radius 3 is 2.00 bits per heavy atom. The molecule has 39 heavy (non-hydrogen) atoms. The lowest BCUT2D eigenvalue weighted by Crippen LogP contribution is -2.34. The van der Waals surface area contributed by atoms with Gasteiger partial charge in [-0.15, -0.1) is 0 Å². The van der Waals surface area contributed by atoms with E-state index in [1.54, 1.807) is 4.90 Å². The fraction of sp³-hybridized carbons (Fsp3) is 0.414. The largest absolute Gasteiger partial charge is 0.377 e. The molecule has 0 aromatic heterocycles. The normalized spacial score (nSPS) is 11.8. The van der Waals surface area contributed by atoms with E-state index in [4.69, 9.17) is 19.9 Å². The molecule has 10 nitrogen and oxygen atoms in total. The van der Waals surface area contributed by atoms with E-state index in [9.17, 15) is 14.4 Å². The predicted octanol–water partition coefficient (Wildman–Crippen LogP) is 0.954. The highest BCUT2D eigenvalue weighted by molar-refractivity contribution is 5.96. The van der Waals surface area contributed by atoms with Crippen LogP contribution in [0.15, 0.2) is 48.5 Å². The first kappa shape index (κ1) is 29.8. The molecule has 3 amide bonds. The molecule has 0 saturated carbocycles. The molecule has 2 aromatic rings. The Kier molecular flexibility index (Phi) is 13.0. The van der Waals surface area contributed by atoms with Crippen LogP contribution in [0.2, 0.25) is 0 Å². The summed E-state index contributed by atoms with van der Waals surface area (Å²) >= 11 is 0. The molecule has 10 heteroatoms. The zero-order chi connectivity index (χ0) is 27.7. The molecule has 208 valence electrons. The fourth-order valence-corrected chi connectivity index (χ4v) is 3.79. The molecule has 1 aliphatic rings. The quantitative estimate of drug-likeness (QED) is 0.215. The maximum absolute atomic E-state index is 13.2. The Labute approximate surface area is 229 Å². The van der Waals surface area contributed by atoms with Gasteiger partial charge in [-0.05, 0) is 23.8 Å². The second-order valence-corrected chi connectivity index (χ2v) is 8.65. The van der Waals surface area contributed by atoms with Crippen molar-refractivity contribution in [3.05, 3.63) is 65.2 Å². The van der Waals surface area contributed by atoms with E-state index in [1.807, 2.05) is 48.5 Å². The maximum atomic E-state index is 13.2. The summed E-state index contributed by atoms with van der Waals surface area (Å²) in [5, 5.41) is 5.39. The molecule has 4 N–H and O–H groups in total. The van der Waals surface area contributed by atoms with E-state index in [-0.39, 0.29) is 37.1 Å². The van der Waals surface area contributed by atoms with Crippen LogP contribution in [0.25, 0.3) is 0 Å². The minimum absolute atomic E-state index is 0.0349. The van der Waals surface area contributed by atoms with Gasteiger partial charge in [-0.3, -0.25) is 14.4 Å². The monoisotopic (exact) mass is 536 g/mol. The second-order valence-electron chi connectivity index (χ2n) is 8.65. The third-order valence-corrected chi connectivity index (χ3v) is 5.81. The Hall–Kier alpha value is -3.75. The van der Waals surface area contributed by atoms with Crippen LogP contribution in [0.4, 0.5) is 5.69 Å². The minimum atomic E-state index is -0.215. The maximum Gasteiger partial charge on any atom is 0.233 e. The van der Waals surface area contributed by atoms with Gasteiger partial charge in [-0.1, -0.05) is 42.2 Å². The summed E-state index contributed by atoms with van der Waals surface area (Å²) in [7, 11) is 0. The van der Waals surface area contributed by atoms with Crippen LogP contribution in [0.3, 0.4) is 0 Å². The van der Waals surface area contributed by atoms with Crippen molar-refractivity contribution in [2.24, 2.45) is 5.73 Å². The number of hydrogen-bond acceptors (Lipinski definition) is 7. The lowest BCUT2D eigenvalue weighted by atomic mass is 10.0. The number of nitrogens with one attached hydrogen (secondary N) is 2. The van der Waals surface area contributed by atoms with Crippen LogP contribution in [0.5, 0.6) is 0 Å². The number of ether oxygens (including phenoxy) is 3. The van der Waals surface area contributed by atoms with Crippen molar-refractivity contribution >= 4 is 23.4 Å². The average molecular weight is 537 g/mol. The average Bonchev–Trinajstić information content (AvgIpc) is 2.95. The number of amides is 3. The number of hydrogen-bond donors (Lipinski definition) is 3. The van der Waals surface area contributed by atoms with Crippen LogP contribution >= 0.6 is 0 Å². The zero-order valence-corrected chi connectivity index (χ0v) is 22.1. The number of nitrogens with zero attached hydrogens (tertiary/aromatic N) is 1. The van der Waals surface area contributed by atoms with Crippen LogP contribution in [-0.4, -0.2) is 77.0 Å². The molecular formula is C29H36N4O6. The third-order valence-electron chi connectivity index (χ3n) is 5.81. The Bertz CT molecular complexity index is 1160. The standard InChI is InChI=1S/C29H36N4O6/c30-21-28(35)32-14-16-38-18-20-39-19-17-37-15-13-31-27(34)11-12-29(36)33-22-25-7-2-1-5-23(25)9-10-24-6-3-4-8-26(24)33/h1-8H,11-22,30H2,(H,31,34)(H,32,35). The van der Waals surface area contributed by atoms with Gasteiger partial charge >= 0.3 is 0 Å². The van der Waals surface area contributed by atoms with Gasteiger partial charge in [-0.2, -0.15) is 0 Å². The van der Waals surface area contributed by atoms with Gasteiger partial charge in [0.25, 0.3) is 0 Å². The highest BCUT2D eigenvalue weighted by Gasteiger charge is 2.21. The SMILES string of the molecule is NCC(=O)NCCOCCOCCOCCNC(=O)CCC(=O)N1Cc2ccccc2C#Cc2ccccc21. The van der Waals surface area contributed by atoms with Gasteiger partial charge in [0.15, 0.2) is 0 Å². The summed E-state index contributed by atoms with van der Waals surface area (Å²) in [6, 6.07) is 15.3. The van der Waals surface area contributed by atoms with E-state index in [0.717, 1.165) is 22.4 Å². The predicted molar refractivity (Wildman–Crippen MR) is 147 cm³/mol. The molecule has 0 spiro atoms. The summed E-state index contributed by atoms with van der Waals surface area (Å²) in [5.74, 6) is 5.82. The third kappa shape index (κ3) is 10.5. The molecule has 2 aromatic carbocycles. The molecular weight excluding hydrogens is 500 g/mol. The number of carbonyl (C=O) groups excluding carboxylic acids is 3. The van der Waals surface area contributed by atoms with Crippen LogP contribution < -0.4 is 21.3 Å². The van der Waals surface area contributed by atoms with Crippen molar-refractivity contribution in [3.63, 3.8) is 0 Å². The van der Waals surface area contributed by atoms with Gasteiger partial charge < -0.3 is 35.5 Å². The van der Waals surface area contributed by atoms with Gasteiger partial charge in [0.2, 0.25) is 17.7 Å². The highest BCUT2D eigenvalue weighted by atomic mass is 16.5. The summed E-state index contributed by atoms with van der Waals surface area (Å²) in [5.41, 5.74) is 8.59. The number of fused-ring (bicyclic) bond motifs is 2. The van der Waals surface area contributed by atoms with E-state index in [2.05, 4.69) is 22.5 Å². The Morgan fingerprint density at radius 2 is 1.31 bits per heavy atom. The second kappa shape index (κ2) is 17.0. The lowest BCUT2D eigenvalue weighted by molar-refractivity contribution is -0.125. The summed E-state index contributed by atoms with van der Waals surface area (Å²) in [4.78, 5) is 38.2. The molecule has 0 bridgehead atoms. The van der Waals surface area contributed by atoms with Crippen molar-refractivity contribution in [2.75, 3.05) is 64.2 Å². The molecule has 0 atom stereocenters. The van der Waals surface area contributed by atoms with Gasteiger partial charge in [-0.25, -0.2) is 0 Å². The van der Waals surface area contributed by atoms with Crippen molar-refractivity contribution in [1.29, 1.82) is 0 Å². The topological polar surface area (TPSA) is 132 Å². The molecule has 0 radical (unpaired) electrons. The van der Waals surface area contributed by atoms with Crippen LogP contribution in [-0.2, 0) is 35.1 Å². The lowest BCUT2D eigenvalue weighted by Gasteiger charge is -2.26. The van der Waals surface area contributed by atoms with E-state index >= 15 is 0 Å². The fourth-order valence-electron chi connectivity index (χ4n) is 3.79. The first-order valence-corrected chi connectivity index (χ1v) is 13.0. The first-order valence-electron chi connectivity index (χ1n) is 13.0. The number of nitrogens with two attached hydrogens (primary N) is 1. The summed E-state index contributed by atoms with van der Waals surface area (Å²) in [6.07, 6.45) is 0.176. The van der Waals surface area contributed by atoms with Gasteiger partial charge in [0, 0.05) is 37.1 Å². The van der Waals surface area contributed by atoms with E-state index in [0.29, 0.717) is 59.3 Å². The van der Waals surface area contributed by atoms with Crippen LogP contribution in [0, 0.1) is 11.8 Å². The number of benzene rings is 2. The Balaban J connectivity index is 1.28. The Morgan fingerprint density at radius 1 is 0.744 bits per heavy atom. The molecule has 0 aliphatic carbocycles. The zero-order valence-electron chi connectivity index (χ0n) is 22.1. The molecule has 0 saturated heterocycles. The molecule has 1 aliphatic heterocycles. The first-order chi connectivity index (χ1) is 19.1. The molecule has 0 fully saturated rings. The molecule has 0 unspecified atom stereocenters.